The monoisotopic (exact) mass is 382 g/mol. The van der Waals surface area contributed by atoms with Crippen molar-refractivity contribution in [3.63, 3.8) is 0 Å². The van der Waals surface area contributed by atoms with E-state index in [9.17, 15) is 13.2 Å². The van der Waals surface area contributed by atoms with Crippen LogP contribution in [0.4, 0.5) is 13.2 Å². The smallest absolute Gasteiger partial charge is 0.166 e. The molecule has 3 aromatic carbocycles. The van der Waals surface area contributed by atoms with Crippen molar-refractivity contribution in [1.29, 1.82) is 0 Å². The molecule has 0 nitrogen and oxygen atoms in total. The molecule has 3 aromatic rings. The van der Waals surface area contributed by atoms with Crippen LogP contribution in [0.1, 0.15) is 42.5 Å². The van der Waals surface area contributed by atoms with Crippen molar-refractivity contribution < 1.29 is 13.2 Å². The molecule has 0 atom stereocenters. The van der Waals surface area contributed by atoms with E-state index in [1.165, 1.54) is 0 Å². The predicted octanol–water partition coefficient (Wildman–Crippen LogP) is 7.07. The van der Waals surface area contributed by atoms with Crippen molar-refractivity contribution in [2.24, 2.45) is 0 Å². The van der Waals surface area contributed by atoms with Crippen LogP contribution in [-0.2, 0) is 25.7 Å². The maximum Gasteiger partial charge on any atom is 0.166 e. The molecular weight excluding hydrogens is 357 g/mol. The second kappa shape index (κ2) is 9.09. The molecule has 3 heteroatoms. The molecule has 0 amide bonds. The van der Waals surface area contributed by atoms with Gasteiger partial charge in [0.2, 0.25) is 0 Å². The fourth-order valence-electron chi connectivity index (χ4n) is 3.42. The third kappa shape index (κ3) is 4.46. The van der Waals surface area contributed by atoms with Crippen LogP contribution < -0.4 is 0 Å². The van der Waals surface area contributed by atoms with Gasteiger partial charge < -0.3 is 0 Å². The van der Waals surface area contributed by atoms with Crippen LogP contribution in [0, 0.1) is 17.5 Å². The fraction of sp³-hybridized carbons (Fsp3) is 0.280. The lowest BCUT2D eigenvalue weighted by Gasteiger charge is -2.10. The Morgan fingerprint density at radius 2 is 1.32 bits per heavy atom. The van der Waals surface area contributed by atoms with E-state index in [1.807, 2.05) is 38.1 Å². The quantitative estimate of drug-likeness (QED) is 0.410. The Morgan fingerprint density at radius 1 is 0.643 bits per heavy atom. The van der Waals surface area contributed by atoms with Crippen LogP contribution in [0.15, 0.2) is 54.6 Å². The second-order valence-electron chi connectivity index (χ2n) is 7.13. The molecule has 3 rings (SSSR count). The van der Waals surface area contributed by atoms with E-state index in [0.717, 1.165) is 24.0 Å². The SMILES string of the molecule is CCCc1ccc(-c2ccc(CCc3ccc(CC)cc3F)cc2)c(F)c1F. The first-order chi connectivity index (χ1) is 13.5. The van der Waals surface area contributed by atoms with Crippen LogP contribution >= 0.6 is 0 Å². The maximum absolute atomic E-state index is 14.4. The fourth-order valence-corrected chi connectivity index (χ4v) is 3.42. The highest BCUT2D eigenvalue weighted by atomic mass is 19.2. The molecule has 28 heavy (non-hydrogen) atoms. The Kier molecular flexibility index (Phi) is 6.56. The molecule has 0 saturated carbocycles. The predicted molar refractivity (Wildman–Crippen MR) is 109 cm³/mol. The number of halogens is 3. The molecule has 0 aliphatic heterocycles. The number of hydrogen-bond donors (Lipinski definition) is 0. The molecule has 0 heterocycles. The van der Waals surface area contributed by atoms with E-state index < -0.39 is 11.6 Å². The molecular formula is C25H25F3. The van der Waals surface area contributed by atoms with Gasteiger partial charge in [0, 0.05) is 5.56 Å². The van der Waals surface area contributed by atoms with Crippen molar-refractivity contribution in [1.82, 2.24) is 0 Å². The standard InChI is InChI=1S/C25H25F3/c1-3-5-21-14-15-22(25(28)24(21)27)19-10-7-18(8-11-19)9-13-20-12-6-17(4-2)16-23(20)26/h6-8,10-12,14-16H,3-5,9,13H2,1-2H3. The number of benzene rings is 3. The van der Waals surface area contributed by atoms with E-state index in [2.05, 4.69) is 0 Å². The zero-order valence-electron chi connectivity index (χ0n) is 16.4. The zero-order chi connectivity index (χ0) is 20.1. The largest absolute Gasteiger partial charge is 0.207 e. The molecule has 0 aliphatic carbocycles. The summed E-state index contributed by atoms with van der Waals surface area (Å²) in [5, 5.41) is 0. The summed E-state index contributed by atoms with van der Waals surface area (Å²) in [6.45, 7) is 3.94. The summed E-state index contributed by atoms with van der Waals surface area (Å²) < 4.78 is 42.8. The molecule has 0 aliphatic rings. The van der Waals surface area contributed by atoms with Crippen LogP contribution in [0.5, 0.6) is 0 Å². The van der Waals surface area contributed by atoms with Crippen molar-refractivity contribution in [3.05, 3.63) is 94.3 Å². The van der Waals surface area contributed by atoms with E-state index in [4.69, 9.17) is 0 Å². The zero-order valence-corrected chi connectivity index (χ0v) is 16.4. The molecule has 0 bridgehead atoms. The van der Waals surface area contributed by atoms with Gasteiger partial charge in [-0.3, -0.25) is 0 Å². The van der Waals surface area contributed by atoms with Gasteiger partial charge in [-0.2, -0.15) is 0 Å². The molecule has 0 saturated heterocycles. The Labute approximate surface area is 165 Å². The molecule has 0 N–H and O–H groups in total. The van der Waals surface area contributed by atoms with Crippen LogP contribution in [0.3, 0.4) is 0 Å². The Hall–Kier alpha value is -2.55. The summed E-state index contributed by atoms with van der Waals surface area (Å²) in [6, 6.07) is 16.1. The van der Waals surface area contributed by atoms with Crippen LogP contribution in [0.25, 0.3) is 11.1 Å². The van der Waals surface area contributed by atoms with E-state index in [1.54, 1.807) is 30.3 Å². The Balaban J connectivity index is 1.73. The summed E-state index contributed by atoms with van der Waals surface area (Å²) in [7, 11) is 0. The Bertz CT molecular complexity index is 943. The maximum atomic E-state index is 14.4. The van der Waals surface area contributed by atoms with Crippen LogP contribution in [0.2, 0.25) is 0 Å². The van der Waals surface area contributed by atoms with Crippen molar-refractivity contribution >= 4 is 0 Å². The van der Waals surface area contributed by atoms with Crippen molar-refractivity contribution in [2.45, 2.75) is 46.0 Å². The topological polar surface area (TPSA) is 0 Å². The lowest BCUT2D eigenvalue weighted by atomic mass is 9.97. The van der Waals surface area contributed by atoms with Gasteiger partial charge in [-0.25, -0.2) is 13.2 Å². The summed E-state index contributed by atoms with van der Waals surface area (Å²) in [4.78, 5) is 0. The highest BCUT2D eigenvalue weighted by Gasteiger charge is 2.14. The van der Waals surface area contributed by atoms with E-state index >= 15 is 0 Å². The number of rotatable bonds is 7. The highest BCUT2D eigenvalue weighted by molar-refractivity contribution is 5.65. The van der Waals surface area contributed by atoms with Gasteiger partial charge >= 0.3 is 0 Å². The first kappa shape index (κ1) is 20.2. The average Bonchev–Trinajstić information content (AvgIpc) is 2.71. The molecule has 0 aromatic heterocycles. The van der Waals surface area contributed by atoms with Gasteiger partial charge in [0.05, 0.1) is 0 Å². The average molecular weight is 382 g/mol. The normalized spacial score (nSPS) is 11.0. The summed E-state index contributed by atoms with van der Waals surface area (Å²) in [5.41, 5.74) is 4.04. The first-order valence-electron chi connectivity index (χ1n) is 9.87. The van der Waals surface area contributed by atoms with Gasteiger partial charge in [-0.1, -0.05) is 68.8 Å². The molecule has 0 fully saturated rings. The molecule has 0 spiro atoms. The number of hydrogen-bond acceptors (Lipinski definition) is 0. The molecule has 0 unspecified atom stereocenters. The van der Waals surface area contributed by atoms with E-state index in [-0.39, 0.29) is 11.4 Å². The third-order valence-corrected chi connectivity index (χ3v) is 5.16. The minimum Gasteiger partial charge on any atom is -0.207 e. The summed E-state index contributed by atoms with van der Waals surface area (Å²) in [6.07, 6.45) is 3.40. The van der Waals surface area contributed by atoms with Gasteiger partial charge in [0.15, 0.2) is 11.6 Å². The molecule has 146 valence electrons. The number of aryl methyl sites for hydroxylation is 4. The van der Waals surface area contributed by atoms with Gasteiger partial charge in [0.1, 0.15) is 5.82 Å². The minimum absolute atomic E-state index is 0.166. The highest BCUT2D eigenvalue weighted by Crippen LogP contribution is 2.27. The first-order valence-corrected chi connectivity index (χ1v) is 9.87. The van der Waals surface area contributed by atoms with Gasteiger partial charge in [-0.05, 0) is 59.6 Å². The minimum atomic E-state index is -0.795. The van der Waals surface area contributed by atoms with Gasteiger partial charge in [-0.15, -0.1) is 0 Å². The lowest BCUT2D eigenvalue weighted by molar-refractivity contribution is 0.500. The lowest BCUT2D eigenvalue weighted by Crippen LogP contribution is -1.98. The summed E-state index contributed by atoms with van der Waals surface area (Å²) in [5.74, 6) is -1.72. The molecule has 0 radical (unpaired) electrons. The van der Waals surface area contributed by atoms with Crippen molar-refractivity contribution in [3.8, 4) is 11.1 Å². The van der Waals surface area contributed by atoms with Crippen LogP contribution in [-0.4, -0.2) is 0 Å². The van der Waals surface area contributed by atoms with E-state index in [0.29, 0.717) is 36.0 Å². The third-order valence-electron chi connectivity index (χ3n) is 5.16. The van der Waals surface area contributed by atoms with Crippen molar-refractivity contribution in [2.75, 3.05) is 0 Å². The second-order valence-corrected chi connectivity index (χ2v) is 7.13. The Morgan fingerprint density at radius 3 is 1.96 bits per heavy atom. The van der Waals surface area contributed by atoms with Gasteiger partial charge in [0.25, 0.3) is 0 Å². The summed E-state index contributed by atoms with van der Waals surface area (Å²) >= 11 is 0.